The van der Waals surface area contributed by atoms with E-state index in [0.717, 1.165) is 25.8 Å². The Bertz CT molecular complexity index is 312. The third kappa shape index (κ3) is 3.84. The molecule has 0 aromatic carbocycles. The highest BCUT2D eigenvalue weighted by Crippen LogP contribution is 2.23. The molecule has 3 N–H and O–H groups in total. The van der Waals surface area contributed by atoms with Gasteiger partial charge >= 0.3 is 0 Å². The number of aliphatic hydroxyl groups is 2. The van der Waals surface area contributed by atoms with E-state index in [4.69, 9.17) is 4.42 Å². The first-order valence-corrected chi connectivity index (χ1v) is 6.36. The molecule has 0 saturated heterocycles. The zero-order chi connectivity index (χ0) is 12.1. The van der Waals surface area contributed by atoms with E-state index in [1.165, 1.54) is 6.42 Å². The molecule has 1 aliphatic rings. The molecule has 0 spiro atoms. The lowest BCUT2D eigenvalue weighted by atomic mass is 9.87. The van der Waals surface area contributed by atoms with Crippen LogP contribution in [-0.4, -0.2) is 29.4 Å². The fourth-order valence-corrected chi connectivity index (χ4v) is 2.45. The second kappa shape index (κ2) is 6.19. The van der Waals surface area contributed by atoms with Gasteiger partial charge in [-0.3, -0.25) is 0 Å². The van der Waals surface area contributed by atoms with Gasteiger partial charge in [0.2, 0.25) is 0 Å². The Morgan fingerprint density at radius 3 is 3.06 bits per heavy atom. The Hall–Kier alpha value is -0.840. The first kappa shape index (κ1) is 12.6. The zero-order valence-electron chi connectivity index (χ0n) is 10.0. The van der Waals surface area contributed by atoms with Gasteiger partial charge in [-0.05, 0) is 43.9 Å². The summed E-state index contributed by atoms with van der Waals surface area (Å²) >= 11 is 0. The lowest BCUT2D eigenvalue weighted by molar-refractivity contribution is 0.0970. The van der Waals surface area contributed by atoms with E-state index < -0.39 is 6.10 Å². The van der Waals surface area contributed by atoms with E-state index in [-0.39, 0.29) is 6.10 Å². The van der Waals surface area contributed by atoms with Crippen molar-refractivity contribution in [2.24, 2.45) is 5.92 Å². The van der Waals surface area contributed by atoms with Crippen LogP contribution in [0.4, 0.5) is 0 Å². The van der Waals surface area contributed by atoms with Crippen LogP contribution in [0.1, 0.15) is 37.5 Å². The van der Waals surface area contributed by atoms with Crippen molar-refractivity contribution >= 4 is 0 Å². The van der Waals surface area contributed by atoms with E-state index >= 15 is 0 Å². The van der Waals surface area contributed by atoms with Crippen LogP contribution in [0.25, 0.3) is 0 Å². The summed E-state index contributed by atoms with van der Waals surface area (Å²) in [6.07, 6.45) is 4.93. The van der Waals surface area contributed by atoms with E-state index in [0.29, 0.717) is 18.2 Å². The van der Waals surface area contributed by atoms with Gasteiger partial charge in [0.15, 0.2) is 0 Å². The van der Waals surface area contributed by atoms with Crippen LogP contribution >= 0.6 is 0 Å². The van der Waals surface area contributed by atoms with E-state index in [2.05, 4.69) is 5.32 Å². The van der Waals surface area contributed by atoms with Crippen molar-refractivity contribution < 1.29 is 14.6 Å². The highest BCUT2D eigenvalue weighted by atomic mass is 16.4. The Balaban J connectivity index is 1.65. The molecule has 4 heteroatoms. The highest BCUT2D eigenvalue weighted by molar-refractivity contribution is 5.02. The molecule has 0 bridgehead atoms. The summed E-state index contributed by atoms with van der Waals surface area (Å²) in [5.41, 5.74) is 0. The summed E-state index contributed by atoms with van der Waals surface area (Å²) in [6.45, 7) is 1.36. The van der Waals surface area contributed by atoms with Crippen LogP contribution < -0.4 is 5.32 Å². The average molecular weight is 239 g/mol. The smallest absolute Gasteiger partial charge is 0.133 e. The van der Waals surface area contributed by atoms with Gasteiger partial charge < -0.3 is 19.9 Å². The first-order chi connectivity index (χ1) is 8.25. The monoisotopic (exact) mass is 239 g/mol. The quantitative estimate of drug-likeness (QED) is 0.727. The third-order valence-corrected chi connectivity index (χ3v) is 3.40. The molecular formula is C13H21NO3. The SMILES string of the molecule is OC1CCCC(CNCC(O)c2ccco2)C1. The zero-order valence-corrected chi connectivity index (χ0v) is 10.0. The maximum absolute atomic E-state index is 9.79. The molecule has 17 heavy (non-hydrogen) atoms. The number of rotatable bonds is 5. The Kier molecular flexibility index (Phi) is 4.59. The molecule has 3 atom stereocenters. The van der Waals surface area contributed by atoms with Gasteiger partial charge in [0, 0.05) is 6.54 Å². The maximum Gasteiger partial charge on any atom is 0.133 e. The molecule has 0 amide bonds. The van der Waals surface area contributed by atoms with Crippen molar-refractivity contribution in [3.63, 3.8) is 0 Å². The molecule has 1 aliphatic carbocycles. The summed E-state index contributed by atoms with van der Waals surface area (Å²) in [5, 5.41) is 22.6. The summed E-state index contributed by atoms with van der Waals surface area (Å²) < 4.78 is 5.12. The molecule has 1 heterocycles. The predicted molar refractivity (Wildman–Crippen MR) is 64.5 cm³/mol. The molecule has 4 nitrogen and oxygen atoms in total. The largest absolute Gasteiger partial charge is 0.467 e. The van der Waals surface area contributed by atoms with Gasteiger partial charge in [-0.1, -0.05) is 6.42 Å². The van der Waals surface area contributed by atoms with Crippen molar-refractivity contribution in [1.82, 2.24) is 5.32 Å². The fourth-order valence-electron chi connectivity index (χ4n) is 2.45. The van der Waals surface area contributed by atoms with Crippen molar-refractivity contribution in [1.29, 1.82) is 0 Å². The Morgan fingerprint density at radius 2 is 2.35 bits per heavy atom. The Labute approximate surface area is 102 Å². The molecule has 96 valence electrons. The van der Waals surface area contributed by atoms with Gasteiger partial charge in [0.05, 0.1) is 12.4 Å². The summed E-state index contributed by atoms with van der Waals surface area (Å²) in [6, 6.07) is 3.55. The first-order valence-electron chi connectivity index (χ1n) is 6.36. The highest BCUT2D eigenvalue weighted by Gasteiger charge is 2.20. The number of hydrogen-bond donors (Lipinski definition) is 3. The standard InChI is InChI=1S/C13H21NO3/c15-11-4-1-3-10(7-11)8-14-9-12(16)13-5-2-6-17-13/h2,5-6,10-12,14-16H,1,3-4,7-9H2. The van der Waals surface area contributed by atoms with E-state index in [9.17, 15) is 10.2 Å². The second-order valence-electron chi connectivity index (χ2n) is 4.88. The fraction of sp³-hybridized carbons (Fsp3) is 0.692. The van der Waals surface area contributed by atoms with Gasteiger partial charge in [-0.25, -0.2) is 0 Å². The van der Waals surface area contributed by atoms with Gasteiger partial charge in [-0.15, -0.1) is 0 Å². The summed E-state index contributed by atoms with van der Waals surface area (Å²) in [7, 11) is 0. The number of nitrogens with one attached hydrogen (secondary N) is 1. The topological polar surface area (TPSA) is 65.6 Å². The van der Waals surface area contributed by atoms with E-state index in [1.54, 1.807) is 18.4 Å². The van der Waals surface area contributed by atoms with Crippen LogP contribution in [0, 0.1) is 5.92 Å². The van der Waals surface area contributed by atoms with Gasteiger partial charge in [0.25, 0.3) is 0 Å². The van der Waals surface area contributed by atoms with Crippen LogP contribution in [-0.2, 0) is 0 Å². The molecule has 3 unspecified atom stereocenters. The molecule has 1 aromatic rings. The molecule has 1 fully saturated rings. The molecule has 0 aliphatic heterocycles. The summed E-state index contributed by atoms with van der Waals surface area (Å²) in [5.74, 6) is 1.13. The van der Waals surface area contributed by atoms with Crippen molar-refractivity contribution in [3.05, 3.63) is 24.2 Å². The number of furan rings is 1. The van der Waals surface area contributed by atoms with Crippen molar-refractivity contribution in [3.8, 4) is 0 Å². The van der Waals surface area contributed by atoms with Crippen LogP contribution in [0.2, 0.25) is 0 Å². The predicted octanol–water partition coefficient (Wildman–Crippen LogP) is 1.45. The molecule has 1 saturated carbocycles. The number of aliphatic hydroxyl groups excluding tert-OH is 2. The average Bonchev–Trinajstić information content (AvgIpc) is 2.82. The van der Waals surface area contributed by atoms with Crippen molar-refractivity contribution in [2.45, 2.75) is 37.9 Å². The summed E-state index contributed by atoms with van der Waals surface area (Å²) in [4.78, 5) is 0. The maximum atomic E-state index is 9.79. The lowest BCUT2D eigenvalue weighted by Crippen LogP contribution is -2.31. The van der Waals surface area contributed by atoms with Crippen molar-refractivity contribution in [2.75, 3.05) is 13.1 Å². The third-order valence-electron chi connectivity index (χ3n) is 3.40. The van der Waals surface area contributed by atoms with Crippen LogP contribution in [0.15, 0.2) is 22.8 Å². The van der Waals surface area contributed by atoms with Crippen LogP contribution in [0.3, 0.4) is 0 Å². The lowest BCUT2D eigenvalue weighted by Gasteiger charge is -2.26. The minimum absolute atomic E-state index is 0.134. The number of hydrogen-bond acceptors (Lipinski definition) is 4. The van der Waals surface area contributed by atoms with E-state index in [1.807, 2.05) is 0 Å². The van der Waals surface area contributed by atoms with Crippen LogP contribution in [0.5, 0.6) is 0 Å². The molecule has 0 radical (unpaired) electrons. The Morgan fingerprint density at radius 1 is 1.47 bits per heavy atom. The van der Waals surface area contributed by atoms with Gasteiger partial charge in [0.1, 0.15) is 11.9 Å². The van der Waals surface area contributed by atoms with Gasteiger partial charge in [-0.2, -0.15) is 0 Å². The normalized spacial score (nSPS) is 26.9. The minimum Gasteiger partial charge on any atom is -0.467 e. The minimum atomic E-state index is -0.585. The second-order valence-corrected chi connectivity index (χ2v) is 4.88. The molecular weight excluding hydrogens is 218 g/mol. The molecule has 2 rings (SSSR count). The molecule has 1 aromatic heterocycles.